The van der Waals surface area contributed by atoms with Crippen molar-refractivity contribution in [2.75, 3.05) is 26.2 Å². The highest BCUT2D eigenvalue weighted by Gasteiger charge is 2.21. The van der Waals surface area contributed by atoms with E-state index in [4.69, 9.17) is 4.42 Å². The molecule has 2 heterocycles. The van der Waals surface area contributed by atoms with Crippen molar-refractivity contribution in [3.05, 3.63) is 24.2 Å². The van der Waals surface area contributed by atoms with E-state index in [1.165, 1.54) is 6.26 Å². The molecule has 4 nitrogen and oxygen atoms in total. The molecule has 0 bridgehead atoms. The van der Waals surface area contributed by atoms with Crippen LogP contribution < -0.4 is 5.32 Å². The van der Waals surface area contributed by atoms with Crippen LogP contribution in [-0.4, -0.2) is 42.9 Å². The fourth-order valence-electron chi connectivity index (χ4n) is 1.82. The molecule has 0 aromatic carbocycles. The summed E-state index contributed by atoms with van der Waals surface area (Å²) < 4.78 is 5.08. The van der Waals surface area contributed by atoms with Crippen molar-refractivity contribution in [2.45, 2.75) is 13.0 Å². The van der Waals surface area contributed by atoms with E-state index in [1.54, 1.807) is 12.1 Å². The molecular formula is C11H16N2O2. The predicted molar refractivity (Wildman–Crippen MR) is 56.9 cm³/mol. The molecule has 1 aromatic heterocycles. The van der Waals surface area contributed by atoms with Gasteiger partial charge in [-0.25, -0.2) is 0 Å². The smallest absolute Gasteiger partial charge is 0.211 e. The Labute approximate surface area is 89.2 Å². The Hall–Kier alpha value is -1.13. The third-order valence-electron chi connectivity index (χ3n) is 2.78. The molecule has 0 saturated carbocycles. The number of carbonyl (C=O) groups excluding carboxylic acids is 1. The number of hydrogen-bond donors (Lipinski definition) is 1. The molecule has 0 aliphatic carbocycles. The van der Waals surface area contributed by atoms with Gasteiger partial charge < -0.3 is 9.73 Å². The molecule has 82 valence electrons. The van der Waals surface area contributed by atoms with E-state index in [-0.39, 0.29) is 5.78 Å². The van der Waals surface area contributed by atoms with Gasteiger partial charge in [0.1, 0.15) is 0 Å². The number of piperazine rings is 1. The van der Waals surface area contributed by atoms with Gasteiger partial charge in [-0.1, -0.05) is 0 Å². The van der Waals surface area contributed by atoms with Gasteiger partial charge in [0, 0.05) is 25.7 Å². The monoisotopic (exact) mass is 208 g/mol. The molecule has 1 N–H and O–H groups in total. The van der Waals surface area contributed by atoms with Gasteiger partial charge in [0.15, 0.2) is 5.76 Å². The summed E-state index contributed by atoms with van der Waals surface area (Å²) >= 11 is 0. The summed E-state index contributed by atoms with van der Waals surface area (Å²) in [7, 11) is 0. The Balaban J connectivity index is 1.93. The summed E-state index contributed by atoms with van der Waals surface area (Å²) in [4.78, 5) is 13.9. The number of Topliss-reactive ketones (excluding diaryl/α,β-unsaturated/α-hetero) is 1. The Morgan fingerprint density at radius 3 is 3.27 bits per heavy atom. The maximum atomic E-state index is 11.8. The average Bonchev–Trinajstić information content (AvgIpc) is 2.74. The highest BCUT2D eigenvalue weighted by atomic mass is 16.3. The second-order valence-electron chi connectivity index (χ2n) is 3.92. The van der Waals surface area contributed by atoms with Crippen LogP contribution in [0.25, 0.3) is 0 Å². The van der Waals surface area contributed by atoms with Gasteiger partial charge in [-0.05, 0) is 19.1 Å². The van der Waals surface area contributed by atoms with Crippen LogP contribution in [0.5, 0.6) is 0 Å². The molecule has 4 heteroatoms. The summed E-state index contributed by atoms with van der Waals surface area (Å²) in [6.45, 7) is 5.41. The van der Waals surface area contributed by atoms with Crippen LogP contribution in [0, 0.1) is 0 Å². The molecule has 1 aliphatic rings. The Morgan fingerprint density at radius 2 is 2.60 bits per heavy atom. The van der Waals surface area contributed by atoms with E-state index in [9.17, 15) is 4.79 Å². The van der Waals surface area contributed by atoms with E-state index < -0.39 is 0 Å². The van der Waals surface area contributed by atoms with Crippen LogP contribution in [-0.2, 0) is 0 Å². The van der Waals surface area contributed by atoms with E-state index >= 15 is 0 Å². The minimum atomic E-state index is 0.0637. The van der Waals surface area contributed by atoms with Gasteiger partial charge in [-0.3, -0.25) is 9.69 Å². The van der Waals surface area contributed by atoms with Crippen LogP contribution in [0.3, 0.4) is 0 Å². The first-order valence-electron chi connectivity index (χ1n) is 5.29. The fourth-order valence-corrected chi connectivity index (χ4v) is 1.82. The number of hydrogen-bond acceptors (Lipinski definition) is 4. The average molecular weight is 208 g/mol. The van der Waals surface area contributed by atoms with Crippen molar-refractivity contribution < 1.29 is 9.21 Å². The Morgan fingerprint density at radius 1 is 1.73 bits per heavy atom. The van der Waals surface area contributed by atoms with Gasteiger partial charge in [0.25, 0.3) is 0 Å². The minimum Gasteiger partial charge on any atom is -0.461 e. The highest BCUT2D eigenvalue weighted by molar-refractivity contribution is 5.95. The van der Waals surface area contributed by atoms with Gasteiger partial charge in [0.2, 0.25) is 5.78 Å². The van der Waals surface area contributed by atoms with Crippen molar-refractivity contribution in [2.24, 2.45) is 0 Å². The van der Waals surface area contributed by atoms with Gasteiger partial charge in [-0.15, -0.1) is 0 Å². The molecule has 0 radical (unpaired) electrons. The van der Waals surface area contributed by atoms with Crippen LogP contribution >= 0.6 is 0 Å². The lowest BCUT2D eigenvalue weighted by Crippen LogP contribution is -2.51. The maximum absolute atomic E-state index is 11.8. The number of carbonyl (C=O) groups is 1. The van der Waals surface area contributed by atoms with Crippen LogP contribution in [0.4, 0.5) is 0 Å². The molecule has 1 aromatic rings. The van der Waals surface area contributed by atoms with Crippen LogP contribution in [0.2, 0.25) is 0 Å². The normalized spacial score (nSPS) is 22.9. The Bertz CT molecular complexity index is 321. The molecule has 0 amide bonds. The summed E-state index contributed by atoms with van der Waals surface area (Å²) in [5.41, 5.74) is 0. The van der Waals surface area contributed by atoms with Gasteiger partial charge >= 0.3 is 0 Å². The third kappa shape index (κ3) is 2.46. The standard InChI is InChI=1S/C11H16N2O2/c1-9-7-12-4-5-13(9)8-10(14)11-3-2-6-15-11/h2-3,6,9,12H,4-5,7-8H2,1H3. The van der Waals surface area contributed by atoms with E-state index in [0.29, 0.717) is 18.3 Å². The first-order valence-corrected chi connectivity index (χ1v) is 5.29. The summed E-state index contributed by atoms with van der Waals surface area (Å²) in [6, 6.07) is 3.88. The van der Waals surface area contributed by atoms with Crippen molar-refractivity contribution in [3.63, 3.8) is 0 Å². The van der Waals surface area contributed by atoms with E-state index in [1.807, 2.05) is 0 Å². The number of ketones is 1. The zero-order valence-corrected chi connectivity index (χ0v) is 8.90. The van der Waals surface area contributed by atoms with Gasteiger partial charge in [-0.2, -0.15) is 0 Å². The highest BCUT2D eigenvalue weighted by Crippen LogP contribution is 2.07. The summed E-state index contributed by atoms with van der Waals surface area (Å²) in [5.74, 6) is 0.523. The summed E-state index contributed by atoms with van der Waals surface area (Å²) in [5, 5.41) is 3.30. The lowest BCUT2D eigenvalue weighted by atomic mass is 10.2. The van der Waals surface area contributed by atoms with Gasteiger partial charge in [0.05, 0.1) is 12.8 Å². The zero-order valence-electron chi connectivity index (χ0n) is 8.90. The van der Waals surface area contributed by atoms with Crippen LogP contribution in [0.1, 0.15) is 17.5 Å². The molecule has 1 unspecified atom stereocenters. The molecule has 15 heavy (non-hydrogen) atoms. The number of nitrogens with one attached hydrogen (secondary N) is 1. The molecule has 1 saturated heterocycles. The minimum absolute atomic E-state index is 0.0637. The third-order valence-corrected chi connectivity index (χ3v) is 2.78. The van der Waals surface area contributed by atoms with E-state index in [2.05, 4.69) is 17.1 Å². The molecule has 1 fully saturated rings. The number of rotatable bonds is 3. The topological polar surface area (TPSA) is 45.5 Å². The van der Waals surface area contributed by atoms with Crippen LogP contribution in [0.15, 0.2) is 22.8 Å². The SMILES string of the molecule is CC1CNCCN1CC(=O)c1ccco1. The quantitative estimate of drug-likeness (QED) is 0.745. The maximum Gasteiger partial charge on any atom is 0.211 e. The fraction of sp³-hybridized carbons (Fsp3) is 0.545. The lowest BCUT2D eigenvalue weighted by molar-refractivity contribution is 0.0848. The first kappa shape index (κ1) is 10.4. The molecule has 2 rings (SSSR count). The van der Waals surface area contributed by atoms with Crippen molar-refractivity contribution in [1.29, 1.82) is 0 Å². The zero-order chi connectivity index (χ0) is 10.7. The Kier molecular flexibility index (Phi) is 3.18. The van der Waals surface area contributed by atoms with E-state index in [0.717, 1.165) is 19.6 Å². The number of nitrogens with zero attached hydrogens (tertiary/aromatic N) is 1. The first-order chi connectivity index (χ1) is 7.27. The van der Waals surface area contributed by atoms with Crippen molar-refractivity contribution >= 4 is 5.78 Å². The molecule has 0 spiro atoms. The molecule has 1 atom stereocenters. The molecular weight excluding hydrogens is 192 g/mol. The summed E-state index contributed by atoms with van der Waals surface area (Å²) in [6.07, 6.45) is 1.54. The second kappa shape index (κ2) is 4.59. The predicted octanol–water partition coefficient (Wildman–Crippen LogP) is 0.756. The van der Waals surface area contributed by atoms with Crippen molar-refractivity contribution in [3.8, 4) is 0 Å². The molecule has 1 aliphatic heterocycles. The lowest BCUT2D eigenvalue weighted by Gasteiger charge is -2.32. The number of furan rings is 1. The van der Waals surface area contributed by atoms with Crippen molar-refractivity contribution in [1.82, 2.24) is 10.2 Å². The largest absolute Gasteiger partial charge is 0.461 e. The second-order valence-corrected chi connectivity index (χ2v) is 3.92.